The van der Waals surface area contributed by atoms with Crippen LogP contribution in [0.2, 0.25) is 0 Å². The van der Waals surface area contributed by atoms with E-state index >= 15 is 0 Å². The third-order valence-corrected chi connectivity index (χ3v) is 3.46. The molecule has 3 amide bonds. The van der Waals surface area contributed by atoms with Gasteiger partial charge in [0.15, 0.2) is 0 Å². The second-order valence-electron chi connectivity index (χ2n) is 4.73. The Morgan fingerprint density at radius 1 is 1.43 bits per heavy atom. The zero-order chi connectivity index (χ0) is 15.0. The zero-order valence-electron chi connectivity index (χ0n) is 11.3. The minimum absolute atomic E-state index is 0.138. The van der Waals surface area contributed by atoms with Crippen molar-refractivity contribution in [3.05, 3.63) is 30.4 Å². The predicted molar refractivity (Wildman–Crippen MR) is 71.3 cm³/mol. The van der Waals surface area contributed by atoms with E-state index in [4.69, 9.17) is 0 Å². The van der Waals surface area contributed by atoms with Crippen LogP contribution >= 0.6 is 0 Å². The normalized spacial score (nSPS) is 18.9. The highest BCUT2D eigenvalue weighted by atomic mass is 16.2. The van der Waals surface area contributed by atoms with Gasteiger partial charge < -0.3 is 4.90 Å². The number of carbonyl (C=O) groups is 3. The maximum atomic E-state index is 12.6. The molecular weight excluding hydrogens is 274 g/mol. The van der Waals surface area contributed by atoms with Crippen molar-refractivity contribution in [1.82, 2.24) is 24.8 Å². The lowest BCUT2D eigenvalue weighted by Crippen LogP contribution is -2.59. The first-order valence-corrected chi connectivity index (χ1v) is 6.54. The predicted octanol–water partition coefficient (Wildman–Crippen LogP) is -0.393. The Bertz CT molecular complexity index is 738. The summed E-state index contributed by atoms with van der Waals surface area (Å²) in [5.74, 6) is -1.32. The van der Waals surface area contributed by atoms with Gasteiger partial charge in [0.1, 0.15) is 12.6 Å². The summed E-state index contributed by atoms with van der Waals surface area (Å²) < 4.78 is 1.52. The first-order valence-electron chi connectivity index (χ1n) is 6.54. The lowest BCUT2D eigenvalue weighted by atomic mass is 10.1. The summed E-state index contributed by atoms with van der Waals surface area (Å²) in [4.78, 5) is 41.2. The van der Waals surface area contributed by atoms with Crippen LogP contribution in [-0.2, 0) is 9.59 Å². The molecule has 2 aromatic heterocycles. The van der Waals surface area contributed by atoms with Crippen molar-refractivity contribution in [2.45, 2.75) is 19.4 Å². The fourth-order valence-corrected chi connectivity index (χ4v) is 2.44. The number of fused-ring (bicyclic) bond motifs is 1. The van der Waals surface area contributed by atoms with Crippen LogP contribution in [0.5, 0.6) is 0 Å². The monoisotopic (exact) mass is 287 g/mol. The molecule has 1 aliphatic heterocycles. The molecule has 3 heterocycles. The van der Waals surface area contributed by atoms with Crippen molar-refractivity contribution in [3.63, 3.8) is 0 Å². The van der Waals surface area contributed by atoms with Crippen molar-refractivity contribution < 1.29 is 14.4 Å². The topological polar surface area (TPSA) is 96.7 Å². The molecule has 0 aromatic carbocycles. The number of hydrogen-bond donors (Lipinski definition) is 1. The lowest BCUT2D eigenvalue weighted by Gasteiger charge is -2.33. The van der Waals surface area contributed by atoms with Gasteiger partial charge in [-0.1, -0.05) is 6.92 Å². The summed E-state index contributed by atoms with van der Waals surface area (Å²) in [6.07, 6.45) is 6.55. The molecule has 1 atom stereocenters. The van der Waals surface area contributed by atoms with Crippen LogP contribution in [0.4, 0.5) is 0 Å². The van der Waals surface area contributed by atoms with Crippen LogP contribution in [0.25, 0.3) is 5.52 Å². The SMILES string of the molecule is CCC1C(=O)NC(=O)CN1C(=O)c1cnn2ccncc12. The first-order chi connectivity index (χ1) is 10.1. The van der Waals surface area contributed by atoms with Crippen LogP contribution < -0.4 is 5.32 Å². The van der Waals surface area contributed by atoms with Gasteiger partial charge in [-0.25, -0.2) is 4.52 Å². The molecule has 8 nitrogen and oxygen atoms in total. The average Bonchev–Trinajstić information content (AvgIpc) is 2.89. The van der Waals surface area contributed by atoms with E-state index in [0.29, 0.717) is 17.5 Å². The molecule has 1 saturated heterocycles. The zero-order valence-corrected chi connectivity index (χ0v) is 11.3. The summed E-state index contributed by atoms with van der Waals surface area (Å²) in [5.41, 5.74) is 0.861. The van der Waals surface area contributed by atoms with Crippen molar-refractivity contribution in [1.29, 1.82) is 0 Å². The molecular formula is C13H13N5O3. The van der Waals surface area contributed by atoms with Gasteiger partial charge >= 0.3 is 0 Å². The second-order valence-corrected chi connectivity index (χ2v) is 4.73. The third kappa shape index (κ3) is 2.14. The van der Waals surface area contributed by atoms with E-state index < -0.39 is 23.8 Å². The highest BCUT2D eigenvalue weighted by molar-refractivity contribution is 6.09. The number of carbonyl (C=O) groups excluding carboxylic acids is 3. The quantitative estimate of drug-likeness (QED) is 0.758. The fraction of sp³-hybridized carbons (Fsp3) is 0.308. The third-order valence-electron chi connectivity index (χ3n) is 3.46. The Labute approximate surface area is 119 Å². The fourth-order valence-electron chi connectivity index (χ4n) is 2.44. The van der Waals surface area contributed by atoms with Crippen LogP contribution in [-0.4, -0.2) is 49.8 Å². The molecule has 1 N–H and O–H groups in total. The van der Waals surface area contributed by atoms with Gasteiger partial charge in [0.05, 0.1) is 23.5 Å². The van der Waals surface area contributed by atoms with Crippen molar-refractivity contribution >= 4 is 23.2 Å². The van der Waals surface area contributed by atoms with Crippen LogP contribution in [0, 0.1) is 0 Å². The Morgan fingerprint density at radius 2 is 2.24 bits per heavy atom. The Kier molecular flexibility index (Phi) is 3.13. The molecule has 0 saturated carbocycles. The minimum Gasteiger partial charge on any atom is -0.317 e. The number of amides is 3. The first kappa shape index (κ1) is 13.2. The number of aromatic nitrogens is 3. The highest BCUT2D eigenvalue weighted by Gasteiger charge is 2.36. The number of piperazine rings is 1. The molecule has 1 aliphatic rings. The van der Waals surface area contributed by atoms with Gasteiger partial charge in [-0.3, -0.25) is 24.7 Å². The molecule has 0 spiro atoms. The maximum Gasteiger partial charge on any atom is 0.258 e. The Hall–Kier alpha value is -2.77. The lowest BCUT2D eigenvalue weighted by molar-refractivity contribution is -0.138. The summed E-state index contributed by atoms with van der Waals surface area (Å²) in [6, 6.07) is -0.651. The van der Waals surface area contributed by atoms with Crippen molar-refractivity contribution in [3.8, 4) is 0 Å². The number of nitrogens with zero attached hydrogens (tertiary/aromatic N) is 4. The minimum atomic E-state index is -0.651. The largest absolute Gasteiger partial charge is 0.317 e. The number of nitrogens with one attached hydrogen (secondary N) is 1. The standard InChI is InChI=1S/C13H13N5O3/c1-2-9-12(20)16-11(19)7-17(9)13(21)8-5-15-18-4-3-14-6-10(8)18/h3-6,9H,2,7H2,1H3,(H,16,19,20). The smallest absolute Gasteiger partial charge is 0.258 e. The van der Waals surface area contributed by atoms with E-state index in [0.717, 1.165) is 0 Å². The molecule has 1 unspecified atom stereocenters. The number of hydrogen-bond acceptors (Lipinski definition) is 5. The Morgan fingerprint density at radius 3 is 3.00 bits per heavy atom. The summed E-state index contributed by atoms with van der Waals surface area (Å²) in [5, 5.41) is 6.31. The molecule has 2 aromatic rings. The van der Waals surface area contributed by atoms with Crippen molar-refractivity contribution in [2.24, 2.45) is 0 Å². The molecule has 8 heteroatoms. The van der Waals surface area contributed by atoms with E-state index in [2.05, 4.69) is 15.4 Å². The van der Waals surface area contributed by atoms with Gasteiger partial charge in [0.25, 0.3) is 5.91 Å². The maximum absolute atomic E-state index is 12.6. The molecule has 3 rings (SSSR count). The van der Waals surface area contributed by atoms with E-state index in [1.165, 1.54) is 21.8 Å². The summed E-state index contributed by atoms with van der Waals surface area (Å²) >= 11 is 0. The second kappa shape index (κ2) is 4.97. The summed E-state index contributed by atoms with van der Waals surface area (Å²) in [7, 11) is 0. The van der Waals surface area contributed by atoms with E-state index in [1.54, 1.807) is 19.3 Å². The molecule has 0 bridgehead atoms. The molecule has 0 aliphatic carbocycles. The summed E-state index contributed by atoms with van der Waals surface area (Å²) in [6.45, 7) is 1.65. The van der Waals surface area contributed by atoms with Crippen LogP contribution in [0.1, 0.15) is 23.7 Å². The van der Waals surface area contributed by atoms with Crippen LogP contribution in [0.15, 0.2) is 24.8 Å². The van der Waals surface area contributed by atoms with E-state index in [1.807, 2.05) is 0 Å². The molecule has 0 radical (unpaired) electrons. The molecule has 108 valence electrons. The number of imide groups is 1. The molecule has 1 fully saturated rings. The van der Waals surface area contributed by atoms with E-state index in [-0.39, 0.29) is 6.54 Å². The Balaban J connectivity index is 2.00. The molecule has 21 heavy (non-hydrogen) atoms. The van der Waals surface area contributed by atoms with Gasteiger partial charge in [-0.2, -0.15) is 5.10 Å². The number of rotatable bonds is 2. The van der Waals surface area contributed by atoms with Crippen molar-refractivity contribution in [2.75, 3.05) is 6.54 Å². The van der Waals surface area contributed by atoms with Gasteiger partial charge in [0, 0.05) is 12.4 Å². The van der Waals surface area contributed by atoms with Crippen LogP contribution in [0.3, 0.4) is 0 Å². The van der Waals surface area contributed by atoms with Gasteiger partial charge in [-0.15, -0.1) is 0 Å². The van der Waals surface area contributed by atoms with E-state index in [9.17, 15) is 14.4 Å². The highest BCUT2D eigenvalue weighted by Crippen LogP contribution is 2.17. The average molecular weight is 287 g/mol. The van der Waals surface area contributed by atoms with Gasteiger partial charge in [-0.05, 0) is 6.42 Å². The van der Waals surface area contributed by atoms with Gasteiger partial charge in [0.2, 0.25) is 11.8 Å².